The topological polar surface area (TPSA) is 43.4 Å². The van der Waals surface area contributed by atoms with E-state index in [1.807, 2.05) is 30.6 Å². The highest BCUT2D eigenvalue weighted by atomic mass is 79.9. The van der Waals surface area contributed by atoms with Crippen LogP contribution in [-0.4, -0.2) is 19.2 Å². The summed E-state index contributed by atoms with van der Waals surface area (Å²) in [4.78, 5) is 4.15. The molecule has 2 aromatic rings. The molecule has 0 fully saturated rings. The van der Waals surface area contributed by atoms with Gasteiger partial charge in [0, 0.05) is 30.0 Å². The Bertz CT molecular complexity index is 617. The fourth-order valence-corrected chi connectivity index (χ4v) is 2.51. The van der Waals surface area contributed by atoms with E-state index in [1.54, 1.807) is 14.2 Å². The zero-order valence-electron chi connectivity index (χ0n) is 12.4. The lowest BCUT2D eigenvalue weighted by Crippen LogP contribution is -2.14. The van der Waals surface area contributed by atoms with Crippen LogP contribution in [0.25, 0.3) is 0 Å². The van der Waals surface area contributed by atoms with E-state index in [4.69, 9.17) is 9.47 Å². The van der Waals surface area contributed by atoms with Gasteiger partial charge in [0.25, 0.3) is 0 Å². The van der Waals surface area contributed by atoms with Crippen LogP contribution in [0.1, 0.15) is 16.7 Å². The number of pyridine rings is 1. The van der Waals surface area contributed by atoms with Gasteiger partial charge in [-0.15, -0.1) is 0 Å². The summed E-state index contributed by atoms with van der Waals surface area (Å²) >= 11 is 3.56. The fourth-order valence-electron chi connectivity index (χ4n) is 2.05. The maximum absolute atomic E-state index is 5.33. The van der Waals surface area contributed by atoms with Crippen LogP contribution in [0.15, 0.2) is 35.1 Å². The number of ether oxygens (including phenoxy) is 2. The number of aryl methyl sites for hydroxylation is 1. The number of benzene rings is 1. The van der Waals surface area contributed by atoms with Gasteiger partial charge in [-0.05, 0) is 41.8 Å². The van der Waals surface area contributed by atoms with Crippen molar-refractivity contribution >= 4 is 15.9 Å². The molecule has 0 unspecified atom stereocenters. The zero-order valence-corrected chi connectivity index (χ0v) is 14.0. The summed E-state index contributed by atoms with van der Waals surface area (Å²) in [6, 6.07) is 5.92. The average molecular weight is 351 g/mol. The lowest BCUT2D eigenvalue weighted by atomic mass is 10.1. The summed E-state index contributed by atoms with van der Waals surface area (Å²) in [6.45, 7) is 3.60. The quantitative estimate of drug-likeness (QED) is 0.866. The van der Waals surface area contributed by atoms with Crippen molar-refractivity contribution in [2.45, 2.75) is 20.0 Å². The Morgan fingerprint density at radius 2 is 1.76 bits per heavy atom. The van der Waals surface area contributed by atoms with Crippen LogP contribution in [0.2, 0.25) is 0 Å². The molecule has 1 aromatic carbocycles. The number of nitrogens with zero attached hydrogens (tertiary/aromatic N) is 1. The van der Waals surface area contributed by atoms with Gasteiger partial charge in [0.05, 0.1) is 14.2 Å². The molecule has 0 bridgehead atoms. The highest BCUT2D eigenvalue weighted by Crippen LogP contribution is 2.33. The summed E-state index contributed by atoms with van der Waals surface area (Å²) in [5.41, 5.74) is 3.56. The Hall–Kier alpha value is -1.59. The summed E-state index contributed by atoms with van der Waals surface area (Å²) < 4.78 is 11.6. The summed E-state index contributed by atoms with van der Waals surface area (Å²) in [7, 11) is 3.27. The molecule has 0 aliphatic carbocycles. The molecule has 2 rings (SSSR count). The molecule has 0 saturated carbocycles. The Balaban J connectivity index is 2.05. The van der Waals surface area contributed by atoms with Crippen molar-refractivity contribution in [1.29, 1.82) is 0 Å². The average Bonchev–Trinajstić information content (AvgIpc) is 2.50. The molecule has 0 aliphatic rings. The summed E-state index contributed by atoms with van der Waals surface area (Å²) in [5.74, 6) is 1.45. The van der Waals surface area contributed by atoms with E-state index in [-0.39, 0.29) is 0 Å². The molecule has 112 valence electrons. The van der Waals surface area contributed by atoms with E-state index in [2.05, 4.69) is 33.2 Å². The molecule has 0 atom stereocenters. The smallest absolute Gasteiger partial charge is 0.161 e. The van der Waals surface area contributed by atoms with E-state index >= 15 is 0 Å². The molecule has 5 heteroatoms. The lowest BCUT2D eigenvalue weighted by molar-refractivity contribution is 0.354. The van der Waals surface area contributed by atoms with E-state index in [0.717, 1.165) is 34.6 Å². The largest absolute Gasteiger partial charge is 0.493 e. The highest BCUT2D eigenvalue weighted by molar-refractivity contribution is 9.10. The second kappa shape index (κ2) is 7.43. The van der Waals surface area contributed by atoms with Crippen molar-refractivity contribution < 1.29 is 9.47 Å². The number of methoxy groups -OCH3 is 2. The van der Waals surface area contributed by atoms with Crippen molar-refractivity contribution in [3.05, 3.63) is 51.8 Å². The Kier molecular flexibility index (Phi) is 5.59. The van der Waals surface area contributed by atoms with Gasteiger partial charge in [-0.25, -0.2) is 0 Å². The number of hydrogen-bond acceptors (Lipinski definition) is 4. The van der Waals surface area contributed by atoms with Gasteiger partial charge in [-0.2, -0.15) is 0 Å². The van der Waals surface area contributed by atoms with Crippen molar-refractivity contribution in [2.24, 2.45) is 0 Å². The third-order valence-corrected chi connectivity index (χ3v) is 4.07. The highest BCUT2D eigenvalue weighted by Gasteiger charge is 2.09. The molecule has 0 spiro atoms. The van der Waals surface area contributed by atoms with Gasteiger partial charge in [0.2, 0.25) is 0 Å². The number of aromatic nitrogens is 1. The Labute approximate surface area is 133 Å². The maximum atomic E-state index is 5.33. The lowest BCUT2D eigenvalue weighted by Gasteiger charge is -2.13. The first kappa shape index (κ1) is 15.8. The second-order valence-electron chi connectivity index (χ2n) is 4.70. The van der Waals surface area contributed by atoms with Gasteiger partial charge >= 0.3 is 0 Å². The monoisotopic (exact) mass is 350 g/mol. The van der Waals surface area contributed by atoms with Crippen LogP contribution in [0, 0.1) is 6.92 Å². The third-order valence-electron chi connectivity index (χ3n) is 3.33. The molecular weight excluding hydrogens is 332 g/mol. The van der Waals surface area contributed by atoms with Crippen LogP contribution in [0.4, 0.5) is 0 Å². The van der Waals surface area contributed by atoms with Crippen molar-refractivity contribution in [3.8, 4) is 11.5 Å². The first-order valence-electron chi connectivity index (χ1n) is 6.66. The van der Waals surface area contributed by atoms with Crippen LogP contribution >= 0.6 is 15.9 Å². The van der Waals surface area contributed by atoms with Crippen molar-refractivity contribution in [1.82, 2.24) is 10.3 Å². The third kappa shape index (κ3) is 3.95. The SMILES string of the molecule is COc1cc(Br)c(CNCc2cnccc2C)cc1OC. The van der Waals surface area contributed by atoms with E-state index in [0.29, 0.717) is 0 Å². The molecule has 0 aliphatic heterocycles. The molecule has 0 radical (unpaired) electrons. The van der Waals surface area contributed by atoms with Crippen LogP contribution in [0.3, 0.4) is 0 Å². The normalized spacial score (nSPS) is 10.5. The van der Waals surface area contributed by atoms with Crippen LogP contribution < -0.4 is 14.8 Å². The molecule has 4 nitrogen and oxygen atoms in total. The van der Waals surface area contributed by atoms with Gasteiger partial charge in [0.15, 0.2) is 11.5 Å². The zero-order chi connectivity index (χ0) is 15.2. The van der Waals surface area contributed by atoms with Gasteiger partial charge in [0.1, 0.15) is 0 Å². The number of nitrogens with one attached hydrogen (secondary N) is 1. The molecule has 1 N–H and O–H groups in total. The minimum absolute atomic E-state index is 0.719. The molecule has 1 aromatic heterocycles. The second-order valence-corrected chi connectivity index (χ2v) is 5.56. The van der Waals surface area contributed by atoms with Crippen LogP contribution in [-0.2, 0) is 13.1 Å². The standard InChI is InChI=1S/C16H19BrN2O2/c1-11-4-5-18-9-13(11)10-19-8-12-6-15(20-2)16(21-3)7-14(12)17/h4-7,9,19H,8,10H2,1-3H3. The minimum atomic E-state index is 0.719. The van der Waals surface area contributed by atoms with Gasteiger partial charge in [-0.1, -0.05) is 15.9 Å². The van der Waals surface area contributed by atoms with Gasteiger partial charge in [-0.3, -0.25) is 4.98 Å². The van der Waals surface area contributed by atoms with Crippen molar-refractivity contribution in [2.75, 3.05) is 14.2 Å². The molecule has 0 amide bonds. The Morgan fingerprint density at radius 3 is 2.43 bits per heavy atom. The Morgan fingerprint density at radius 1 is 1.10 bits per heavy atom. The summed E-state index contributed by atoms with van der Waals surface area (Å²) in [5, 5.41) is 3.42. The molecular formula is C16H19BrN2O2. The summed E-state index contributed by atoms with van der Waals surface area (Å²) in [6.07, 6.45) is 3.70. The van der Waals surface area contributed by atoms with Crippen molar-refractivity contribution in [3.63, 3.8) is 0 Å². The predicted octanol–water partition coefficient (Wildman–Crippen LogP) is 3.46. The van der Waals surface area contributed by atoms with Crippen LogP contribution in [0.5, 0.6) is 11.5 Å². The number of halogens is 1. The first-order valence-corrected chi connectivity index (χ1v) is 7.45. The fraction of sp³-hybridized carbons (Fsp3) is 0.312. The van der Waals surface area contributed by atoms with E-state index in [9.17, 15) is 0 Å². The predicted molar refractivity (Wildman–Crippen MR) is 86.8 cm³/mol. The molecule has 21 heavy (non-hydrogen) atoms. The van der Waals surface area contributed by atoms with E-state index < -0.39 is 0 Å². The van der Waals surface area contributed by atoms with Gasteiger partial charge < -0.3 is 14.8 Å². The number of hydrogen-bond donors (Lipinski definition) is 1. The molecule has 1 heterocycles. The number of rotatable bonds is 6. The minimum Gasteiger partial charge on any atom is -0.493 e. The first-order chi connectivity index (χ1) is 10.2. The maximum Gasteiger partial charge on any atom is 0.161 e. The van der Waals surface area contributed by atoms with E-state index in [1.165, 1.54) is 11.1 Å². The molecule has 0 saturated heterocycles.